The molecule has 1 aromatic rings. The van der Waals surface area contributed by atoms with Crippen molar-refractivity contribution in [2.45, 2.75) is 32.6 Å². The van der Waals surface area contributed by atoms with Gasteiger partial charge in [-0.25, -0.2) is 4.68 Å². The second-order valence-electron chi connectivity index (χ2n) is 2.76. The SMILES string of the molecule is [2H]C1([2H])CC(C)CC([2H])([2H])n2nnnc21. The zero-order chi connectivity index (χ0) is 11.3. The Morgan fingerprint density at radius 3 is 3.45 bits per heavy atom. The van der Waals surface area contributed by atoms with Gasteiger partial charge in [0.25, 0.3) is 0 Å². The van der Waals surface area contributed by atoms with Crippen molar-refractivity contribution in [1.29, 1.82) is 0 Å². The first-order chi connectivity index (χ1) is 6.83. The fraction of sp³-hybridized carbons (Fsp3) is 0.857. The van der Waals surface area contributed by atoms with Gasteiger partial charge in [0.05, 0.1) is 2.74 Å². The molecular formula is C7H12N4. The van der Waals surface area contributed by atoms with Crippen LogP contribution in [0.2, 0.25) is 0 Å². The predicted molar refractivity (Wildman–Crippen MR) is 39.9 cm³/mol. The van der Waals surface area contributed by atoms with Crippen LogP contribution in [0, 0.1) is 5.92 Å². The van der Waals surface area contributed by atoms with Crippen molar-refractivity contribution in [2.75, 3.05) is 0 Å². The molecule has 0 amide bonds. The Balaban J connectivity index is 2.55. The van der Waals surface area contributed by atoms with Crippen molar-refractivity contribution in [3.05, 3.63) is 5.82 Å². The summed E-state index contributed by atoms with van der Waals surface area (Å²) in [4.78, 5) is 0. The molecule has 0 bridgehead atoms. The fourth-order valence-corrected chi connectivity index (χ4v) is 0.984. The Hall–Kier alpha value is -0.930. The van der Waals surface area contributed by atoms with E-state index in [-0.39, 0.29) is 24.6 Å². The van der Waals surface area contributed by atoms with Crippen LogP contribution in [0.1, 0.15) is 31.1 Å². The molecule has 0 aliphatic carbocycles. The maximum Gasteiger partial charge on any atom is 0.151 e. The highest BCUT2D eigenvalue weighted by atomic mass is 15.5. The molecule has 1 atom stereocenters. The molecule has 4 heteroatoms. The molecule has 0 fully saturated rings. The second-order valence-corrected chi connectivity index (χ2v) is 2.76. The standard InChI is InChI=1S/C7H12N4/c1-6-2-3-7-8-9-10-11(7)5-4-6/h6H,2-5H2,1H3/i3D2,5D2. The van der Waals surface area contributed by atoms with Crippen molar-refractivity contribution in [3.63, 3.8) is 0 Å². The first-order valence-electron chi connectivity index (χ1n) is 5.62. The molecule has 0 N–H and O–H groups in total. The second kappa shape index (κ2) is 2.60. The van der Waals surface area contributed by atoms with Gasteiger partial charge in [-0.1, -0.05) is 6.92 Å². The minimum absolute atomic E-state index is 0.0168. The van der Waals surface area contributed by atoms with E-state index in [2.05, 4.69) is 15.5 Å². The number of hydrogen-bond donors (Lipinski definition) is 0. The molecule has 1 unspecified atom stereocenters. The van der Waals surface area contributed by atoms with Crippen molar-refractivity contribution in [1.82, 2.24) is 20.2 Å². The molecule has 4 nitrogen and oxygen atoms in total. The van der Waals surface area contributed by atoms with E-state index in [1.807, 2.05) is 6.92 Å². The van der Waals surface area contributed by atoms with E-state index in [0.29, 0.717) is 0 Å². The predicted octanol–water partition coefficient (Wildman–Crippen LogP) is 0.645. The summed E-state index contributed by atoms with van der Waals surface area (Å²) in [6.45, 7) is 0.123. The first kappa shape index (κ1) is 3.65. The average molecular weight is 156 g/mol. The lowest BCUT2D eigenvalue weighted by Gasteiger charge is -2.02. The zero-order valence-electron chi connectivity index (χ0n) is 10.3. The number of hydrogen-bond acceptors (Lipinski definition) is 3. The van der Waals surface area contributed by atoms with Gasteiger partial charge >= 0.3 is 0 Å². The van der Waals surface area contributed by atoms with Gasteiger partial charge in [0.15, 0.2) is 5.82 Å². The smallest absolute Gasteiger partial charge is 0.151 e. The van der Waals surface area contributed by atoms with Crippen LogP contribution in [0.4, 0.5) is 0 Å². The normalized spacial score (nSPS) is 38.8. The Bertz CT molecular complexity index is 342. The third kappa shape index (κ3) is 1.25. The van der Waals surface area contributed by atoms with Crippen LogP contribution in [0.25, 0.3) is 0 Å². The maximum absolute atomic E-state index is 7.81. The van der Waals surface area contributed by atoms with Crippen LogP contribution in [-0.2, 0) is 12.9 Å². The fourth-order valence-electron chi connectivity index (χ4n) is 0.984. The minimum atomic E-state index is -1.71. The summed E-state index contributed by atoms with van der Waals surface area (Å²) in [6, 6.07) is 0. The number of fused-ring (bicyclic) bond motifs is 1. The quantitative estimate of drug-likeness (QED) is 0.554. The number of aryl methyl sites for hydroxylation is 2. The highest BCUT2D eigenvalue weighted by Gasteiger charge is 2.13. The van der Waals surface area contributed by atoms with Gasteiger partial charge in [0.1, 0.15) is 0 Å². The molecule has 60 valence electrons. The van der Waals surface area contributed by atoms with Gasteiger partial charge < -0.3 is 0 Å². The topological polar surface area (TPSA) is 43.6 Å². The van der Waals surface area contributed by atoms with Crippen LogP contribution in [-0.4, -0.2) is 20.2 Å². The third-order valence-corrected chi connectivity index (χ3v) is 1.67. The summed E-state index contributed by atoms with van der Waals surface area (Å²) < 4.78 is 32.2. The average Bonchev–Trinajstić information content (AvgIpc) is 2.45. The van der Waals surface area contributed by atoms with Gasteiger partial charge in [-0.3, -0.25) is 0 Å². The van der Waals surface area contributed by atoms with E-state index in [1.165, 1.54) is 0 Å². The Labute approximate surface area is 71.2 Å². The maximum atomic E-state index is 7.81. The molecule has 0 radical (unpaired) electrons. The molecule has 2 rings (SSSR count). The number of nitrogens with zero attached hydrogens (tertiary/aromatic N) is 4. The largest absolute Gasteiger partial charge is 0.230 e. The highest BCUT2D eigenvalue weighted by molar-refractivity contribution is 4.84. The number of aromatic nitrogens is 4. The van der Waals surface area contributed by atoms with Crippen molar-refractivity contribution in [2.24, 2.45) is 5.92 Å². The molecular weight excluding hydrogens is 140 g/mol. The van der Waals surface area contributed by atoms with Crippen molar-refractivity contribution < 1.29 is 5.48 Å². The van der Waals surface area contributed by atoms with Gasteiger partial charge in [-0.05, 0) is 29.2 Å². The van der Waals surface area contributed by atoms with E-state index >= 15 is 0 Å². The molecule has 1 aliphatic heterocycles. The molecule has 2 heterocycles. The molecule has 11 heavy (non-hydrogen) atoms. The van der Waals surface area contributed by atoms with Gasteiger partial charge in [0.2, 0.25) is 0 Å². The van der Waals surface area contributed by atoms with E-state index in [0.717, 1.165) is 4.68 Å². The van der Waals surface area contributed by atoms with E-state index in [1.54, 1.807) is 0 Å². The van der Waals surface area contributed by atoms with Crippen LogP contribution in [0.15, 0.2) is 0 Å². The molecule has 1 aromatic heterocycles. The Morgan fingerprint density at radius 1 is 1.64 bits per heavy atom. The molecule has 0 saturated carbocycles. The molecule has 0 aromatic carbocycles. The summed E-state index contributed by atoms with van der Waals surface area (Å²) in [5.41, 5.74) is 0. The molecule has 0 spiro atoms. The van der Waals surface area contributed by atoms with Crippen molar-refractivity contribution >= 4 is 0 Å². The Morgan fingerprint density at radius 2 is 2.55 bits per heavy atom. The summed E-state index contributed by atoms with van der Waals surface area (Å²) >= 11 is 0. The van der Waals surface area contributed by atoms with Gasteiger partial charge in [-0.15, -0.1) is 5.10 Å². The molecule has 1 aliphatic rings. The molecule has 0 saturated heterocycles. The lowest BCUT2D eigenvalue weighted by Crippen LogP contribution is -2.02. The third-order valence-electron chi connectivity index (χ3n) is 1.67. The monoisotopic (exact) mass is 156 g/mol. The number of rotatable bonds is 0. The first-order valence-corrected chi connectivity index (χ1v) is 3.62. The lowest BCUT2D eigenvalue weighted by molar-refractivity contribution is 0.463. The van der Waals surface area contributed by atoms with Gasteiger partial charge in [-0.2, -0.15) is 0 Å². The van der Waals surface area contributed by atoms with E-state index < -0.39 is 12.9 Å². The highest BCUT2D eigenvalue weighted by Crippen LogP contribution is 2.16. The van der Waals surface area contributed by atoms with E-state index in [4.69, 9.17) is 5.48 Å². The minimum Gasteiger partial charge on any atom is -0.230 e. The van der Waals surface area contributed by atoms with E-state index in [9.17, 15) is 0 Å². The van der Waals surface area contributed by atoms with Crippen LogP contribution in [0.5, 0.6) is 0 Å². The number of tetrazole rings is 1. The zero-order valence-corrected chi connectivity index (χ0v) is 6.28. The van der Waals surface area contributed by atoms with Crippen LogP contribution in [0.3, 0.4) is 0 Å². The summed E-state index contributed by atoms with van der Waals surface area (Å²) in [7, 11) is 0. The summed E-state index contributed by atoms with van der Waals surface area (Å²) in [5, 5.41) is 10.5. The summed E-state index contributed by atoms with van der Waals surface area (Å²) in [5.74, 6) is -0.0737. The Kier molecular flexibility index (Phi) is 0.862. The van der Waals surface area contributed by atoms with Crippen molar-refractivity contribution in [3.8, 4) is 0 Å². The van der Waals surface area contributed by atoms with Gasteiger partial charge in [0, 0.05) is 15.6 Å². The van der Waals surface area contributed by atoms with Crippen LogP contribution >= 0.6 is 0 Å². The lowest BCUT2D eigenvalue weighted by atomic mass is 10.0. The summed E-state index contributed by atoms with van der Waals surface area (Å²) in [6.07, 6.45) is -1.19. The van der Waals surface area contributed by atoms with Crippen LogP contribution < -0.4 is 0 Å².